The monoisotopic (exact) mass is 505 g/mol. The predicted molar refractivity (Wildman–Crippen MR) is 149 cm³/mol. The second-order valence-electron chi connectivity index (χ2n) is 9.04. The summed E-state index contributed by atoms with van der Waals surface area (Å²) in [6, 6.07) is 14.3. The minimum Gasteiger partial charge on any atom is -0.491 e. The Morgan fingerprint density at radius 1 is 1.05 bits per heavy atom. The molecule has 0 aliphatic heterocycles. The summed E-state index contributed by atoms with van der Waals surface area (Å²) in [5.74, 6) is 0.503. The Balaban J connectivity index is 1.80. The number of carbonyl (C=O) groups excluding carboxylic acids is 1. The molecule has 0 atom stereocenters. The smallest absolute Gasteiger partial charge is 0.333 e. The molecule has 0 saturated heterocycles. The highest BCUT2D eigenvalue weighted by Crippen LogP contribution is 2.31. The number of carbonyl (C=O) groups is 1. The number of benzene rings is 2. The van der Waals surface area contributed by atoms with Gasteiger partial charge in [-0.25, -0.2) is 4.79 Å². The van der Waals surface area contributed by atoms with Crippen molar-refractivity contribution in [3.63, 3.8) is 0 Å². The van der Waals surface area contributed by atoms with Crippen LogP contribution in [0.25, 0.3) is 17.2 Å². The van der Waals surface area contributed by atoms with Gasteiger partial charge in [0.1, 0.15) is 12.4 Å². The Labute approximate surface area is 220 Å². The van der Waals surface area contributed by atoms with E-state index in [4.69, 9.17) is 14.2 Å². The number of aromatic nitrogens is 2. The highest BCUT2D eigenvalue weighted by atomic mass is 16.5. The molecule has 0 N–H and O–H groups in total. The van der Waals surface area contributed by atoms with Crippen LogP contribution in [0.15, 0.2) is 60.4 Å². The second kappa shape index (κ2) is 14.2. The molecule has 0 unspecified atom stereocenters. The summed E-state index contributed by atoms with van der Waals surface area (Å²) in [5.41, 5.74) is 5.74. The Hall–Kier alpha value is -3.58. The van der Waals surface area contributed by atoms with Crippen molar-refractivity contribution < 1.29 is 19.0 Å². The van der Waals surface area contributed by atoms with Gasteiger partial charge >= 0.3 is 5.97 Å². The maximum atomic E-state index is 12.3. The van der Waals surface area contributed by atoms with Crippen molar-refractivity contribution in [1.82, 2.24) is 9.78 Å². The van der Waals surface area contributed by atoms with E-state index in [1.807, 2.05) is 63.8 Å². The molecule has 0 saturated carbocycles. The zero-order chi connectivity index (χ0) is 26.6. The van der Waals surface area contributed by atoms with E-state index in [1.54, 1.807) is 11.6 Å². The zero-order valence-electron chi connectivity index (χ0n) is 22.7. The number of hydrogen-bond donors (Lipinski definition) is 0. The average molecular weight is 506 g/mol. The summed E-state index contributed by atoms with van der Waals surface area (Å²) in [4.78, 5) is 14.5. The second-order valence-corrected chi connectivity index (χ2v) is 9.04. The lowest BCUT2D eigenvalue weighted by Crippen LogP contribution is -2.17. The van der Waals surface area contributed by atoms with Crippen molar-refractivity contribution in [1.29, 1.82) is 0 Å². The van der Waals surface area contributed by atoms with Crippen LogP contribution in [0.5, 0.6) is 5.75 Å². The first-order valence-corrected chi connectivity index (χ1v) is 12.9. The highest BCUT2D eigenvalue weighted by molar-refractivity contribution is 5.94. The van der Waals surface area contributed by atoms with Gasteiger partial charge in [0.15, 0.2) is 0 Å². The van der Waals surface area contributed by atoms with Crippen LogP contribution in [0.4, 0.5) is 5.69 Å². The summed E-state index contributed by atoms with van der Waals surface area (Å²) in [6.07, 6.45) is 7.97. The van der Waals surface area contributed by atoms with E-state index in [0.29, 0.717) is 31.9 Å². The normalized spacial score (nSPS) is 11.4. The molecule has 0 fully saturated rings. The molecular formula is C30H39N3O4. The minimum atomic E-state index is -0.311. The van der Waals surface area contributed by atoms with Gasteiger partial charge in [0.2, 0.25) is 0 Å². The molecule has 0 spiro atoms. The minimum absolute atomic E-state index is 0.311. The molecule has 0 bridgehead atoms. The van der Waals surface area contributed by atoms with E-state index in [9.17, 15) is 4.79 Å². The van der Waals surface area contributed by atoms with Gasteiger partial charge in [-0.1, -0.05) is 31.5 Å². The quantitative estimate of drug-likeness (QED) is 0.155. The molecule has 0 aliphatic carbocycles. The van der Waals surface area contributed by atoms with Crippen LogP contribution in [0, 0.1) is 0 Å². The Morgan fingerprint density at radius 3 is 2.49 bits per heavy atom. The summed E-state index contributed by atoms with van der Waals surface area (Å²) in [7, 11) is 3.95. The molecule has 198 valence electrons. The topological polar surface area (TPSA) is 65.8 Å². The standard InChI is InChI=1S/C30H39N3O4/c1-6-8-15-35-16-17-37-28-12-9-25(10-13-28)26-11-14-29(32(4)21-24-20-31-33(5)22-24)27(19-26)18-23(3)30(34)36-7-2/h9-14,18-20,22H,6-8,15-17,21H2,1-5H3. The van der Waals surface area contributed by atoms with Gasteiger partial charge in [0.25, 0.3) is 0 Å². The molecule has 0 radical (unpaired) electrons. The lowest BCUT2D eigenvalue weighted by molar-refractivity contribution is -0.138. The summed E-state index contributed by atoms with van der Waals surface area (Å²) >= 11 is 0. The van der Waals surface area contributed by atoms with Crippen LogP contribution in [0.2, 0.25) is 0 Å². The van der Waals surface area contributed by atoms with Crippen LogP contribution < -0.4 is 9.64 Å². The van der Waals surface area contributed by atoms with Gasteiger partial charge in [-0.3, -0.25) is 4.68 Å². The van der Waals surface area contributed by atoms with Crippen LogP contribution >= 0.6 is 0 Å². The molecular weight excluding hydrogens is 466 g/mol. The van der Waals surface area contributed by atoms with Crippen molar-refractivity contribution >= 4 is 17.7 Å². The number of esters is 1. The van der Waals surface area contributed by atoms with E-state index in [2.05, 4.69) is 35.1 Å². The summed E-state index contributed by atoms with van der Waals surface area (Å²) in [5, 5.41) is 4.27. The van der Waals surface area contributed by atoms with Gasteiger partial charge in [-0.15, -0.1) is 0 Å². The fourth-order valence-corrected chi connectivity index (χ4v) is 3.96. The van der Waals surface area contributed by atoms with Crippen molar-refractivity contribution in [2.75, 3.05) is 38.4 Å². The van der Waals surface area contributed by atoms with Gasteiger partial charge in [-0.05, 0) is 67.3 Å². The molecule has 37 heavy (non-hydrogen) atoms. The van der Waals surface area contributed by atoms with Gasteiger partial charge in [0.05, 0.1) is 19.4 Å². The average Bonchev–Trinajstić information content (AvgIpc) is 3.30. The van der Waals surface area contributed by atoms with Gasteiger partial charge < -0.3 is 19.1 Å². The molecule has 0 amide bonds. The molecule has 3 rings (SSSR count). The van der Waals surface area contributed by atoms with E-state index < -0.39 is 0 Å². The fourth-order valence-electron chi connectivity index (χ4n) is 3.96. The third-order valence-electron chi connectivity index (χ3n) is 5.91. The molecule has 1 aromatic heterocycles. The predicted octanol–water partition coefficient (Wildman–Crippen LogP) is 5.89. The van der Waals surface area contributed by atoms with Crippen LogP contribution in [-0.2, 0) is 27.9 Å². The zero-order valence-corrected chi connectivity index (χ0v) is 22.7. The lowest BCUT2D eigenvalue weighted by Gasteiger charge is -2.22. The van der Waals surface area contributed by atoms with Crippen molar-refractivity contribution in [2.45, 2.75) is 40.2 Å². The number of hydrogen-bond acceptors (Lipinski definition) is 6. The third-order valence-corrected chi connectivity index (χ3v) is 5.91. The Kier molecular flexibility index (Phi) is 10.8. The molecule has 7 nitrogen and oxygen atoms in total. The summed E-state index contributed by atoms with van der Waals surface area (Å²) < 4.78 is 18.4. The third kappa shape index (κ3) is 8.50. The first-order valence-electron chi connectivity index (χ1n) is 12.9. The molecule has 3 aromatic rings. The lowest BCUT2D eigenvalue weighted by atomic mass is 9.99. The van der Waals surface area contributed by atoms with Crippen LogP contribution in [-0.4, -0.2) is 49.2 Å². The Bertz CT molecular complexity index is 1170. The number of anilines is 1. The highest BCUT2D eigenvalue weighted by Gasteiger charge is 2.13. The number of ether oxygens (including phenoxy) is 3. The number of aryl methyl sites for hydroxylation is 1. The number of rotatable bonds is 14. The van der Waals surface area contributed by atoms with E-state index in [1.165, 1.54) is 0 Å². The maximum absolute atomic E-state index is 12.3. The van der Waals surface area contributed by atoms with Gasteiger partial charge in [-0.2, -0.15) is 5.10 Å². The molecule has 1 heterocycles. The Morgan fingerprint density at radius 2 is 1.81 bits per heavy atom. The first kappa shape index (κ1) is 28.0. The van der Waals surface area contributed by atoms with Crippen molar-refractivity contribution in [2.24, 2.45) is 7.05 Å². The van der Waals surface area contributed by atoms with E-state index >= 15 is 0 Å². The van der Waals surface area contributed by atoms with E-state index in [0.717, 1.165) is 53.1 Å². The fraction of sp³-hybridized carbons (Fsp3) is 0.400. The van der Waals surface area contributed by atoms with Crippen LogP contribution in [0.3, 0.4) is 0 Å². The number of nitrogens with zero attached hydrogens (tertiary/aromatic N) is 3. The summed E-state index contributed by atoms with van der Waals surface area (Å²) in [6.45, 7) is 8.68. The largest absolute Gasteiger partial charge is 0.491 e. The van der Waals surface area contributed by atoms with Crippen molar-refractivity contribution in [3.8, 4) is 16.9 Å². The molecule has 2 aromatic carbocycles. The van der Waals surface area contributed by atoms with Gasteiger partial charge in [0, 0.05) is 50.3 Å². The van der Waals surface area contributed by atoms with Crippen molar-refractivity contribution in [3.05, 3.63) is 71.6 Å². The first-order chi connectivity index (χ1) is 17.9. The number of unbranched alkanes of at least 4 members (excludes halogenated alkanes) is 1. The van der Waals surface area contributed by atoms with E-state index in [-0.39, 0.29) is 5.97 Å². The molecule has 7 heteroatoms. The van der Waals surface area contributed by atoms with Crippen LogP contribution in [0.1, 0.15) is 44.7 Å². The molecule has 0 aliphatic rings. The maximum Gasteiger partial charge on any atom is 0.333 e. The SMILES string of the molecule is CCCCOCCOc1ccc(-c2ccc(N(C)Cc3cnn(C)c3)c(C=C(C)C(=O)OCC)c2)cc1.